The molecule has 128 valence electrons. The van der Waals surface area contributed by atoms with E-state index in [9.17, 15) is 9.59 Å². The Morgan fingerprint density at radius 3 is 2.12 bits per heavy atom. The van der Waals surface area contributed by atoms with Crippen LogP contribution < -0.4 is 5.32 Å². The first-order valence-corrected chi connectivity index (χ1v) is 7.43. The molecule has 0 saturated carbocycles. The van der Waals surface area contributed by atoms with Crippen molar-refractivity contribution in [2.45, 2.75) is 19.5 Å². The minimum atomic E-state index is -1.20. The Hall–Kier alpha value is -2.53. The number of hydrogen-bond donors (Lipinski definition) is 2. The van der Waals surface area contributed by atoms with Gasteiger partial charge in [-0.15, -0.1) is 12.4 Å². The Balaban J connectivity index is 0.00000288. The second-order valence-corrected chi connectivity index (χ2v) is 5.25. The second kappa shape index (κ2) is 9.57. The van der Waals surface area contributed by atoms with Crippen LogP contribution in [0.3, 0.4) is 0 Å². The number of nitrogens with one attached hydrogen (secondary N) is 1. The van der Waals surface area contributed by atoms with Crippen LogP contribution in [0.4, 0.5) is 4.79 Å². The molecule has 0 aromatic heterocycles. The molecule has 1 atom stereocenters. The number of nitrogens with zero attached hydrogens (tertiary/aromatic N) is 1. The van der Waals surface area contributed by atoms with Gasteiger partial charge in [0.05, 0.1) is 6.04 Å². The Morgan fingerprint density at radius 1 is 1.04 bits per heavy atom. The molecule has 2 rings (SSSR count). The van der Waals surface area contributed by atoms with Crippen LogP contribution in [0.5, 0.6) is 0 Å². The zero-order chi connectivity index (χ0) is 16.7. The van der Waals surface area contributed by atoms with E-state index in [4.69, 9.17) is 5.11 Å². The maximum Gasteiger partial charge on any atom is 0.405 e. The van der Waals surface area contributed by atoms with E-state index < -0.39 is 6.09 Å². The van der Waals surface area contributed by atoms with Gasteiger partial charge < -0.3 is 15.3 Å². The normalized spacial score (nSPS) is 11.0. The third-order valence-electron chi connectivity index (χ3n) is 3.66. The Morgan fingerprint density at radius 2 is 1.58 bits per heavy atom. The van der Waals surface area contributed by atoms with E-state index in [1.807, 2.05) is 67.6 Å². The lowest BCUT2D eigenvalue weighted by Gasteiger charge is -2.30. The summed E-state index contributed by atoms with van der Waals surface area (Å²) < 4.78 is 0. The van der Waals surface area contributed by atoms with Gasteiger partial charge in [-0.2, -0.15) is 0 Å². The topological polar surface area (TPSA) is 69.6 Å². The minimum absolute atomic E-state index is 0. The molecule has 0 saturated heterocycles. The molecule has 6 heteroatoms. The molecule has 1 unspecified atom stereocenters. The first kappa shape index (κ1) is 19.5. The summed E-state index contributed by atoms with van der Waals surface area (Å²) in [6.07, 6.45) is -1.20. The van der Waals surface area contributed by atoms with Crippen molar-refractivity contribution in [2.75, 3.05) is 6.54 Å². The van der Waals surface area contributed by atoms with Crippen LogP contribution in [0, 0.1) is 0 Å². The number of rotatable bonds is 6. The first-order chi connectivity index (χ1) is 11.1. The quantitative estimate of drug-likeness (QED) is 0.839. The largest absolute Gasteiger partial charge is 0.465 e. The van der Waals surface area contributed by atoms with Gasteiger partial charge in [0.15, 0.2) is 0 Å². The molecule has 0 radical (unpaired) electrons. The van der Waals surface area contributed by atoms with Gasteiger partial charge in [-0.1, -0.05) is 60.7 Å². The highest BCUT2D eigenvalue weighted by Crippen LogP contribution is 2.22. The van der Waals surface area contributed by atoms with E-state index >= 15 is 0 Å². The molecule has 2 aromatic carbocycles. The molecule has 24 heavy (non-hydrogen) atoms. The third-order valence-corrected chi connectivity index (χ3v) is 3.66. The summed E-state index contributed by atoms with van der Waals surface area (Å²) in [6.45, 7) is 2.13. The van der Waals surface area contributed by atoms with Gasteiger partial charge in [0.1, 0.15) is 6.54 Å². The van der Waals surface area contributed by atoms with Crippen molar-refractivity contribution in [1.82, 2.24) is 10.2 Å². The zero-order valence-corrected chi connectivity index (χ0v) is 14.2. The summed E-state index contributed by atoms with van der Waals surface area (Å²) in [7, 11) is 0. The SMILES string of the molecule is CC(c1ccccc1)N(Cc1ccccc1)C(=O)CNC(=O)O.Cl. The second-order valence-electron chi connectivity index (χ2n) is 5.25. The maximum atomic E-state index is 12.5. The molecule has 0 aliphatic heterocycles. The van der Waals surface area contributed by atoms with E-state index in [0.29, 0.717) is 6.54 Å². The molecule has 2 aromatic rings. The number of carbonyl (C=O) groups excluding carboxylic acids is 1. The average molecular weight is 349 g/mol. The molecule has 0 heterocycles. The Bertz CT molecular complexity index is 650. The fourth-order valence-corrected chi connectivity index (χ4v) is 2.39. The number of benzene rings is 2. The Labute approximate surface area is 147 Å². The van der Waals surface area contributed by atoms with Crippen molar-refractivity contribution in [2.24, 2.45) is 0 Å². The van der Waals surface area contributed by atoms with Crippen LogP contribution in [0.15, 0.2) is 60.7 Å². The number of carbonyl (C=O) groups is 2. The van der Waals surface area contributed by atoms with Crippen molar-refractivity contribution < 1.29 is 14.7 Å². The van der Waals surface area contributed by atoms with Crippen molar-refractivity contribution in [3.8, 4) is 0 Å². The third kappa shape index (κ3) is 5.59. The molecule has 0 bridgehead atoms. The van der Waals surface area contributed by atoms with Crippen LogP contribution in [-0.4, -0.2) is 28.6 Å². The zero-order valence-electron chi connectivity index (χ0n) is 13.4. The molecule has 5 nitrogen and oxygen atoms in total. The van der Waals surface area contributed by atoms with Crippen molar-refractivity contribution in [1.29, 1.82) is 0 Å². The fourth-order valence-electron chi connectivity index (χ4n) is 2.39. The highest BCUT2D eigenvalue weighted by Gasteiger charge is 2.22. The predicted molar refractivity (Wildman–Crippen MR) is 95.1 cm³/mol. The van der Waals surface area contributed by atoms with E-state index in [-0.39, 0.29) is 30.9 Å². The maximum absolute atomic E-state index is 12.5. The van der Waals surface area contributed by atoms with Crippen LogP contribution in [-0.2, 0) is 11.3 Å². The molecule has 0 aliphatic carbocycles. The summed E-state index contributed by atoms with van der Waals surface area (Å²) in [6, 6.07) is 19.2. The summed E-state index contributed by atoms with van der Waals surface area (Å²) >= 11 is 0. The van der Waals surface area contributed by atoms with Crippen LogP contribution in [0.25, 0.3) is 0 Å². The van der Waals surface area contributed by atoms with Crippen LogP contribution in [0.2, 0.25) is 0 Å². The van der Waals surface area contributed by atoms with Gasteiger partial charge in [0.2, 0.25) is 5.91 Å². The minimum Gasteiger partial charge on any atom is -0.465 e. The highest BCUT2D eigenvalue weighted by molar-refractivity contribution is 5.85. The Kier molecular flexibility index (Phi) is 7.79. The smallest absolute Gasteiger partial charge is 0.405 e. The molecule has 0 spiro atoms. The van der Waals surface area contributed by atoms with Crippen molar-refractivity contribution in [3.63, 3.8) is 0 Å². The fraction of sp³-hybridized carbons (Fsp3) is 0.222. The summed E-state index contributed by atoms with van der Waals surface area (Å²) in [5.41, 5.74) is 2.01. The molecular weight excluding hydrogens is 328 g/mol. The molecule has 2 amide bonds. The summed E-state index contributed by atoms with van der Waals surface area (Å²) in [5.74, 6) is -0.257. The lowest BCUT2D eigenvalue weighted by molar-refractivity contribution is -0.133. The molecular formula is C18H21ClN2O3. The number of hydrogen-bond acceptors (Lipinski definition) is 2. The van der Waals surface area contributed by atoms with Crippen molar-refractivity contribution in [3.05, 3.63) is 71.8 Å². The van der Waals surface area contributed by atoms with Gasteiger partial charge >= 0.3 is 6.09 Å². The van der Waals surface area contributed by atoms with Crippen LogP contribution >= 0.6 is 12.4 Å². The van der Waals surface area contributed by atoms with Gasteiger partial charge in [-0.05, 0) is 18.1 Å². The number of amides is 2. The standard InChI is InChI=1S/C18H20N2O3.ClH/c1-14(16-10-6-3-7-11-16)20(17(21)12-19-18(22)23)13-15-8-4-2-5-9-15;/h2-11,14,19H,12-13H2,1H3,(H,22,23);1H. The van der Waals surface area contributed by atoms with Crippen molar-refractivity contribution >= 4 is 24.4 Å². The number of carboxylic acid groups (broad SMARTS) is 1. The van der Waals surface area contributed by atoms with E-state index in [1.54, 1.807) is 4.90 Å². The summed E-state index contributed by atoms with van der Waals surface area (Å²) in [4.78, 5) is 24.8. The predicted octanol–water partition coefficient (Wildman–Crippen LogP) is 3.47. The van der Waals surface area contributed by atoms with Gasteiger partial charge in [0, 0.05) is 6.54 Å². The van der Waals surface area contributed by atoms with E-state index in [1.165, 1.54) is 0 Å². The molecule has 0 aliphatic rings. The van der Waals surface area contributed by atoms with Gasteiger partial charge in [0.25, 0.3) is 0 Å². The van der Waals surface area contributed by atoms with Crippen LogP contribution in [0.1, 0.15) is 24.1 Å². The molecule has 2 N–H and O–H groups in total. The lowest BCUT2D eigenvalue weighted by atomic mass is 10.1. The van der Waals surface area contributed by atoms with Gasteiger partial charge in [-0.3, -0.25) is 4.79 Å². The lowest BCUT2D eigenvalue weighted by Crippen LogP contribution is -2.40. The first-order valence-electron chi connectivity index (χ1n) is 7.43. The molecule has 0 fully saturated rings. The van der Waals surface area contributed by atoms with Gasteiger partial charge in [-0.25, -0.2) is 4.79 Å². The van der Waals surface area contributed by atoms with E-state index in [0.717, 1.165) is 11.1 Å². The highest BCUT2D eigenvalue weighted by atomic mass is 35.5. The average Bonchev–Trinajstić information content (AvgIpc) is 2.58. The monoisotopic (exact) mass is 348 g/mol. The van der Waals surface area contributed by atoms with E-state index in [2.05, 4.69) is 5.32 Å². The summed E-state index contributed by atoms with van der Waals surface area (Å²) in [5, 5.41) is 10.9. The number of halogens is 1.